The van der Waals surface area contributed by atoms with Gasteiger partial charge in [-0.25, -0.2) is 0 Å². The average Bonchev–Trinajstić information content (AvgIpc) is 2.18. The minimum absolute atomic E-state index is 0. The molecule has 0 heterocycles. The van der Waals surface area contributed by atoms with E-state index in [1.165, 1.54) is 6.92 Å². The predicted octanol–water partition coefficient (Wildman–Crippen LogP) is 2.39. The average molecular weight is 248 g/mol. The lowest BCUT2D eigenvalue weighted by atomic mass is 10.1. The van der Waals surface area contributed by atoms with E-state index < -0.39 is 6.67 Å². The van der Waals surface area contributed by atoms with Crippen LogP contribution in [-0.2, 0) is 4.79 Å². The smallest absolute Gasteiger partial charge is 0.308 e. The number of hydrogen-bond donors (Lipinski definition) is 1. The number of hydrogen-bond acceptors (Lipinski definition) is 3. The largest absolute Gasteiger partial charge is 0.427 e. The number of nitrogens with two attached hydrogens (primary N) is 1. The molecule has 0 fully saturated rings. The Kier molecular flexibility index (Phi) is 6.69. The molecule has 1 rings (SSSR count). The molecule has 0 aliphatic heterocycles. The SMILES string of the molecule is CC(=O)Oc1ccc([C@H](N)CCF)cc1.Cl. The molecule has 0 aliphatic carbocycles. The second-order valence-electron chi connectivity index (χ2n) is 3.25. The van der Waals surface area contributed by atoms with Crippen molar-refractivity contribution in [1.82, 2.24) is 0 Å². The van der Waals surface area contributed by atoms with Crippen molar-refractivity contribution in [2.75, 3.05) is 6.67 Å². The van der Waals surface area contributed by atoms with Crippen molar-refractivity contribution in [2.45, 2.75) is 19.4 Å². The van der Waals surface area contributed by atoms with E-state index in [1.54, 1.807) is 24.3 Å². The molecule has 5 heteroatoms. The fraction of sp³-hybridized carbons (Fsp3) is 0.364. The first-order chi connectivity index (χ1) is 7.13. The van der Waals surface area contributed by atoms with Crippen molar-refractivity contribution >= 4 is 18.4 Å². The maximum absolute atomic E-state index is 12.0. The summed E-state index contributed by atoms with van der Waals surface area (Å²) in [4.78, 5) is 10.6. The van der Waals surface area contributed by atoms with E-state index >= 15 is 0 Å². The first kappa shape index (κ1) is 14.9. The van der Waals surface area contributed by atoms with Gasteiger partial charge >= 0.3 is 5.97 Å². The molecular formula is C11H15ClFNO2. The van der Waals surface area contributed by atoms with Crippen LogP contribution in [0.1, 0.15) is 24.9 Å². The van der Waals surface area contributed by atoms with Crippen LogP contribution in [0.15, 0.2) is 24.3 Å². The highest BCUT2D eigenvalue weighted by Crippen LogP contribution is 2.18. The zero-order valence-electron chi connectivity index (χ0n) is 8.98. The first-order valence-electron chi connectivity index (χ1n) is 4.73. The number of rotatable bonds is 4. The summed E-state index contributed by atoms with van der Waals surface area (Å²) in [6.45, 7) is 0.898. The fourth-order valence-electron chi connectivity index (χ4n) is 1.23. The number of ether oxygens (including phenoxy) is 1. The zero-order valence-corrected chi connectivity index (χ0v) is 9.80. The molecule has 0 saturated carbocycles. The van der Waals surface area contributed by atoms with Crippen LogP contribution in [-0.4, -0.2) is 12.6 Å². The van der Waals surface area contributed by atoms with Crippen LogP contribution in [0.3, 0.4) is 0 Å². The highest BCUT2D eigenvalue weighted by Gasteiger charge is 2.05. The lowest BCUT2D eigenvalue weighted by Crippen LogP contribution is -2.10. The van der Waals surface area contributed by atoms with Crippen LogP contribution in [0, 0.1) is 0 Å². The molecule has 0 saturated heterocycles. The van der Waals surface area contributed by atoms with Crippen LogP contribution >= 0.6 is 12.4 Å². The van der Waals surface area contributed by atoms with E-state index in [2.05, 4.69) is 0 Å². The van der Waals surface area contributed by atoms with E-state index in [0.717, 1.165) is 5.56 Å². The number of esters is 1. The van der Waals surface area contributed by atoms with Gasteiger partial charge in [0, 0.05) is 13.0 Å². The summed E-state index contributed by atoms with van der Waals surface area (Å²) in [6, 6.07) is 6.46. The molecule has 0 spiro atoms. The molecule has 0 radical (unpaired) electrons. The summed E-state index contributed by atoms with van der Waals surface area (Å²) in [6.07, 6.45) is 0.299. The van der Waals surface area contributed by atoms with Crippen molar-refractivity contribution < 1.29 is 13.9 Å². The van der Waals surface area contributed by atoms with Crippen LogP contribution in [0.2, 0.25) is 0 Å². The Balaban J connectivity index is 0.00000225. The lowest BCUT2D eigenvalue weighted by Gasteiger charge is -2.10. The summed E-state index contributed by atoms with van der Waals surface area (Å²) in [5.74, 6) is 0.106. The number of halogens is 2. The first-order valence-corrected chi connectivity index (χ1v) is 4.73. The molecule has 0 aliphatic rings. The van der Waals surface area contributed by atoms with Crippen LogP contribution in [0.25, 0.3) is 0 Å². The van der Waals surface area contributed by atoms with Crippen molar-refractivity contribution in [3.63, 3.8) is 0 Å². The quantitative estimate of drug-likeness (QED) is 0.657. The van der Waals surface area contributed by atoms with Gasteiger partial charge in [-0.2, -0.15) is 0 Å². The van der Waals surface area contributed by atoms with Gasteiger partial charge in [0.25, 0.3) is 0 Å². The van der Waals surface area contributed by atoms with E-state index in [-0.39, 0.29) is 24.4 Å². The van der Waals surface area contributed by atoms with Gasteiger partial charge in [0.15, 0.2) is 0 Å². The molecule has 0 amide bonds. The number of carbonyl (C=O) groups excluding carboxylic acids is 1. The van der Waals surface area contributed by atoms with Gasteiger partial charge in [0.2, 0.25) is 0 Å². The zero-order chi connectivity index (χ0) is 11.3. The molecule has 2 N–H and O–H groups in total. The minimum Gasteiger partial charge on any atom is -0.427 e. The van der Waals surface area contributed by atoms with Gasteiger partial charge < -0.3 is 10.5 Å². The maximum atomic E-state index is 12.0. The molecule has 1 aromatic rings. The van der Waals surface area contributed by atoms with Gasteiger partial charge in [0.1, 0.15) is 5.75 Å². The van der Waals surface area contributed by atoms with Crippen LogP contribution in [0.4, 0.5) is 4.39 Å². The third kappa shape index (κ3) is 4.59. The van der Waals surface area contributed by atoms with Crippen molar-refractivity contribution in [3.05, 3.63) is 29.8 Å². The molecule has 1 atom stereocenters. The Morgan fingerprint density at radius 1 is 1.44 bits per heavy atom. The van der Waals surface area contributed by atoms with Crippen molar-refractivity contribution in [3.8, 4) is 5.75 Å². The van der Waals surface area contributed by atoms with Gasteiger partial charge in [0.05, 0.1) is 6.67 Å². The van der Waals surface area contributed by atoms with E-state index in [4.69, 9.17) is 10.5 Å². The van der Waals surface area contributed by atoms with Gasteiger partial charge in [-0.05, 0) is 24.1 Å². The van der Waals surface area contributed by atoms with Gasteiger partial charge in [-0.1, -0.05) is 12.1 Å². The number of carbonyl (C=O) groups is 1. The van der Waals surface area contributed by atoms with E-state index in [9.17, 15) is 9.18 Å². The molecule has 0 unspecified atom stereocenters. The third-order valence-electron chi connectivity index (χ3n) is 1.99. The van der Waals surface area contributed by atoms with Crippen molar-refractivity contribution in [1.29, 1.82) is 0 Å². The molecule has 0 bridgehead atoms. The monoisotopic (exact) mass is 247 g/mol. The molecule has 0 aromatic heterocycles. The number of benzene rings is 1. The number of alkyl halides is 1. The lowest BCUT2D eigenvalue weighted by molar-refractivity contribution is -0.131. The normalized spacial score (nSPS) is 11.4. The molecule has 90 valence electrons. The summed E-state index contributed by atoms with van der Waals surface area (Å²) in [5.41, 5.74) is 6.55. The Labute approximate surface area is 100 Å². The summed E-state index contributed by atoms with van der Waals surface area (Å²) < 4.78 is 16.9. The minimum atomic E-state index is -0.438. The standard InChI is InChI=1S/C11H14FNO2.ClH/c1-8(14)15-10-4-2-9(3-5-10)11(13)6-7-12;/h2-5,11H,6-7,13H2,1H3;1H/t11-;/m1./s1. The molecule has 1 aromatic carbocycles. The summed E-state index contributed by atoms with van der Waals surface area (Å²) >= 11 is 0. The third-order valence-corrected chi connectivity index (χ3v) is 1.99. The Bertz CT molecular complexity index is 329. The van der Waals surface area contributed by atoms with Crippen LogP contribution in [0.5, 0.6) is 5.75 Å². The van der Waals surface area contributed by atoms with Crippen molar-refractivity contribution in [2.24, 2.45) is 5.73 Å². The summed E-state index contributed by atoms with van der Waals surface area (Å²) in [7, 11) is 0. The second kappa shape index (κ2) is 7.19. The van der Waals surface area contributed by atoms with E-state index in [0.29, 0.717) is 12.2 Å². The van der Waals surface area contributed by atoms with Gasteiger partial charge in [-0.15, -0.1) is 12.4 Å². The Morgan fingerprint density at radius 2 is 2.00 bits per heavy atom. The Morgan fingerprint density at radius 3 is 2.44 bits per heavy atom. The van der Waals surface area contributed by atoms with E-state index in [1.807, 2.05) is 0 Å². The maximum Gasteiger partial charge on any atom is 0.308 e. The highest BCUT2D eigenvalue weighted by molar-refractivity contribution is 5.85. The molecular weight excluding hydrogens is 233 g/mol. The summed E-state index contributed by atoms with van der Waals surface area (Å²) in [5, 5.41) is 0. The van der Waals surface area contributed by atoms with Crippen LogP contribution < -0.4 is 10.5 Å². The highest BCUT2D eigenvalue weighted by atomic mass is 35.5. The fourth-order valence-corrected chi connectivity index (χ4v) is 1.23. The second-order valence-corrected chi connectivity index (χ2v) is 3.25. The predicted molar refractivity (Wildman–Crippen MR) is 62.5 cm³/mol. The Hall–Kier alpha value is -1.13. The van der Waals surface area contributed by atoms with Gasteiger partial charge in [-0.3, -0.25) is 9.18 Å². The molecule has 16 heavy (non-hydrogen) atoms. The molecule has 3 nitrogen and oxygen atoms in total. The topological polar surface area (TPSA) is 52.3 Å².